The third kappa shape index (κ3) is 7.50. The largest absolute Gasteiger partial charge is 0.496 e. The number of rotatable bonds is 7. The van der Waals surface area contributed by atoms with Crippen LogP contribution < -0.4 is 4.74 Å². The number of carboxylic acid groups (broad SMARTS) is 1. The number of ether oxygens (including phenoxy) is 2. The van der Waals surface area contributed by atoms with Crippen LogP contribution in [0.4, 0.5) is 44.3 Å². The summed E-state index contributed by atoms with van der Waals surface area (Å²) >= 11 is 0. The molecule has 0 aliphatic carbocycles. The van der Waals surface area contributed by atoms with E-state index in [4.69, 9.17) is 9.47 Å². The molecule has 2 unspecified atom stereocenters. The standard InChI is InChI=1S/C35H26F9NO5/c1-18-11-30(20-12-23(34(39,40)41)16-24(13-20)35(42,43)44)50-32(48)45(18)17-21-14-22(33(36,37)38)8-9-26(21)28-15-19(7-10-29(28)49-2)25-5-3-4-6-27(25)31(46)47/h3-10,12-16,18,30H,11,17H2,1-2H3,(H,46,47). The molecule has 1 aliphatic heterocycles. The molecule has 50 heavy (non-hydrogen) atoms. The van der Waals surface area contributed by atoms with Crippen molar-refractivity contribution in [2.45, 2.75) is 50.6 Å². The molecular weight excluding hydrogens is 685 g/mol. The van der Waals surface area contributed by atoms with Crippen LogP contribution in [0.1, 0.15) is 57.6 Å². The lowest BCUT2D eigenvalue weighted by molar-refractivity contribution is -0.143. The zero-order valence-corrected chi connectivity index (χ0v) is 26.0. The Kier molecular flexibility index (Phi) is 9.56. The third-order valence-corrected chi connectivity index (χ3v) is 8.28. The van der Waals surface area contributed by atoms with E-state index in [-0.39, 0.29) is 40.5 Å². The molecule has 4 aromatic rings. The molecular formula is C35H26F9NO5. The van der Waals surface area contributed by atoms with E-state index in [0.29, 0.717) is 23.3 Å². The molecule has 1 fully saturated rings. The van der Waals surface area contributed by atoms with Gasteiger partial charge in [0.2, 0.25) is 0 Å². The third-order valence-electron chi connectivity index (χ3n) is 8.28. The zero-order chi connectivity index (χ0) is 36.8. The normalized spacial score (nSPS) is 17.0. The van der Waals surface area contributed by atoms with Gasteiger partial charge < -0.3 is 19.5 Å². The molecule has 15 heteroatoms. The fourth-order valence-electron chi connectivity index (χ4n) is 5.80. The molecule has 5 rings (SSSR count). The molecule has 1 amide bonds. The Morgan fingerprint density at radius 1 is 0.800 bits per heavy atom. The predicted molar refractivity (Wildman–Crippen MR) is 161 cm³/mol. The molecule has 0 bridgehead atoms. The number of methoxy groups -OCH3 is 1. The minimum absolute atomic E-state index is 0.0428. The number of aromatic carboxylic acids is 1. The van der Waals surface area contributed by atoms with Crippen LogP contribution in [0, 0.1) is 0 Å². The van der Waals surface area contributed by atoms with Gasteiger partial charge in [-0.1, -0.05) is 30.3 Å². The van der Waals surface area contributed by atoms with Crippen LogP contribution in [0.3, 0.4) is 0 Å². The molecule has 1 aliphatic rings. The van der Waals surface area contributed by atoms with E-state index in [1.54, 1.807) is 18.2 Å². The highest BCUT2D eigenvalue weighted by molar-refractivity contribution is 5.96. The van der Waals surface area contributed by atoms with Crippen LogP contribution in [0.25, 0.3) is 22.3 Å². The van der Waals surface area contributed by atoms with E-state index in [0.717, 1.165) is 23.1 Å². The Labute approximate surface area is 278 Å². The lowest BCUT2D eigenvalue weighted by atomic mass is 9.91. The maximum Gasteiger partial charge on any atom is 0.416 e. The summed E-state index contributed by atoms with van der Waals surface area (Å²) in [6.07, 6.45) is -18.1. The van der Waals surface area contributed by atoms with Gasteiger partial charge in [0.15, 0.2) is 0 Å². The first kappa shape index (κ1) is 36.1. The fraction of sp³-hybridized carbons (Fsp3) is 0.257. The van der Waals surface area contributed by atoms with E-state index in [2.05, 4.69) is 0 Å². The summed E-state index contributed by atoms with van der Waals surface area (Å²) in [7, 11) is 1.32. The Hall–Kier alpha value is -5.21. The van der Waals surface area contributed by atoms with Crippen LogP contribution in [0.15, 0.2) is 78.9 Å². The minimum Gasteiger partial charge on any atom is -0.496 e. The number of carbonyl (C=O) groups excluding carboxylic acids is 1. The van der Waals surface area contributed by atoms with Gasteiger partial charge in [-0.3, -0.25) is 0 Å². The van der Waals surface area contributed by atoms with E-state index >= 15 is 0 Å². The van der Waals surface area contributed by atoms with E-state index < -0.39 is 71.5 Å². The summed E-state index contributed by atoms with van der Waals surface area (Å²) in [6.45, 7) is 0.921. The quantitative estimate of drug-likeness (QED) is 0.193. The lowest BCUT2D eigenvalue weighted by Gasteiger charge is -2.38. The maximum absolute atomic E-state index is 13.9. The molecule has 0 spiro atoms. The molecule has 0 aromatic heterocycles. The van der Waals surface area contributed by atoms with Crippen molar-refractivity contribution in [1.29, 1.82) is 0 Å². The van der Waals surface area contributed by atoms with Gasteiger partial charge in [0.25, 0.3) is 0 Å². The monoisotopic (exact) mass is 711 g/mol. The number of nitrogens with zero attached hydrogens (tertiary/aromatic N) is 1. The minimum atomic E-state index is -5.14. The van der Waals surface area contributed by atoms with Crippen molar-refractivity contribution in [3.63, 3.8) is 0 Å². The molecule has 4 aromatic carbocycles. The van der Waals surface area contributed by atoms with Gasteiger partial charge in [0, 0.05) is 24.6 Å². The summed E-state index contributed by atoms with van der Waals surface area (Å²) < 4.78 is 133. The van der Waals surface area contributed by atoms with E-state index in [1.807, 2.05) is 0 Å². The molecule has 0 saturated carbocycles. The summed E-state index contributed by atoms with van der Waals surface area (Å²) in [4.78, 5) is 26.2. The number of carboxylic acids is 1. The number of carbonyl (C=O) groups is 2. The number of halogens is 9. The topological polar surface area (TPSA) is 76.1 Å². The van der Waals surface area contributed by atoms with Crippen LogP contribution in [-0.4, -0.2) is 35.2 Å². The molecule has 1 N–H and O–H groups in total. The number of hydrogen-bond acceptors (Lipinski definition) is 4. The molecule has 1 heterocycles. The summed E-state index contributed by atoms with van der Waals surface area (Å²) in [5.41, 5.74) is -3.79. The Bertz CT molecular complexity index is 1900. The highest BCUT2D eigenvalue weighted by Gasteiger charge is 2.40. The van der Waals surface area contributed by atoms with Crippen molar-refractivity contribution < 1.29 is 63.7 Å². The number of amides is 1. The van der Waals surface area contributed by atoms with Crippen molar-refractivity contribution in [2.24, 2.45) is 0 Å². The van der Waals surface area contributed by atoms with E-state index in [1.165, 1.54) is 38.3 Å². The van der Waals surface area contributed by atoms with Crippen molar-refractivity contribution in [1.82, 2.24) is 4.90 Å². The van der Waals surface area contributed by atoms with Crippen LogP contribution in [0.5, 0.6) is 5.75 Å². The second kappa shape index (κ2) is 13.2. The smallest absolute Gasteiger partial charge is 0.416 e. The average molecular weight is 712 g/mol. The van der Waals surface area contributed by atoms with Crippen LogP contribution in [-0.2, 0) is 29.8 Å². The predicted octanol–water partition coefficient (Wildman–Crippen LogP) is 10.3. The molecule has 6 nitrogen and oxygen atoms in total. The molecule has 264 valence electrons. The zero-order valence-electron chi connectivity index (χ0n) is 26.0. The summed E-state index contributed by atoms with van der Waals surface area (Å²) in [6, 6.07) is 13.4. The first-order valence-electron chi connectivity index (χ1n) is 14.8. The number of cyclic esters (lactones) is 1. The number of benzene rings is 4. The Morgan fingerprint density at radius 3 is 1.98 bits per heavy atom. The Morgan fingerprint density at radius 2 is 1.42 bits per heavy atom. The molecule has 2 atom stereocenters. The highest BCUT2D eigenvalue weighted by atomic mass is 19.4. The lowest BCUT2D eigenvalue weighted by Crippen LogP contribution is -2.44. The van der Waals surface area contributed by atoms with Crippen molar-refractivity contribution in [2.75, 3.05) is 7.11 Å². The van der Waals surface area contributed by atoms with Gasteiger partial charge >= 0.3 is 30.6 Å². The van der Waals surface area contributed by atoms with Crippen molar-refractivity contribution in [3.05, 3.63) is 112 Å². The SMILES string of the molecule is COc1ccc(-c2ccccc2C(=O)O)cc1-c1ccc(C(F)(F)F)cc1CN1C(=O)OC(c2cc(C(F)(F)F)cc(C(F)(F)F)c2)CC1C. The van der Waals surface area contributed by atoms with Gasteiger partial charge in [-0.25, -0.2) is 9.59 Å². The fourth-order valence-corrected chi connectivity index (χ4v) is 5.80. The van der Waals surface area contributed by atoms with Crippen molar-refractivity contribution in [3.8, 4) is 28.0 Å². The molecule has 1 saturated heterocycles. The Balaban J connectivity index is 1.55. The second-order valence-electron chi connectivity index (χ2n) is 11.6. The molecule has 0 radical (unpaired) electrons. The number of alkyl halides is 9. The van der Waals surface area contributed by atoms with Gasteiger partial charge in [-0.05, 0) is 83.3 Å². The van der Waals surface area contributed by atoms with Gasteiger partial charge in [0.1, 0.15) is 11.9 Å². The van der Waals surface area contributed by atoms with Crippen molar-refractivity contribution >= 4 is 12.1 Å². The van der Waals surface area contributed by atoms with E-state index in [9.17, 15) is 54.2 Å². The van der Waals surface area contributed by atoms with Gasteiger partial charge in [-0.15, -0.1) is 0 Å². The number of hydrogen-bond donors (Lipinski definition) is 1. The maximum atomic E-state index is 13.9. The summed E-state index contributed by atoms with van der Waals surface area (Å²) in [5, 5.41) is 9.71. The first-order valence-corrected chi connectivity index (χ1v) is 14.8. The van der Waals surface area contributed by atoms with Gasteiger partial charge in [0.05, 0.1) is 29.4 Å². The van der Waals surface area contributed by atoms with Crippen LogP contribution in [0.2, 0.25) is 0 Å². The second-order valence-corrected chi connectivity index (χ2v) is 11.6. The van der Waals surface area contributed by atoms with Gasteiger partial charge in [-0.2, -0.15) is 39.5 Å². The first-order chi connectivity index (χ1) is 23.3. The highest BCUT2D eigenvalue weighted by Crippen LogP contribution is 2.43. The summed E-state index contributed by atoms with van der Waals surface area (Å²) in [5.74, 6) is -1.02. The van der Waals surface area contributed by atoms with Crippen LogP contribution >= 0.6 is 0 Å². The average Bonchev–Trinajstić information content (AvgIpc) is 3.04.